The minimum atomic E-state index is -0.286. The van der Waals surface area contributed by atoms with E-state index >= 15 is 0 Å². The fourth-order valence-corrected chi connectivity index (χ4v) is 2.35. The number of para-hydroxylation sites is 1. The Balaban J connectivity index is 2.27. The highest BCUT2D eigenvalue weighted by Crippen LogP contribution is 2.27. The SMILES string of the molecule is CCNc1nc(-c2cccc(F)c2)nc2c(C)cccc12. The minimum Gasteiger partial charge on any atom is -0.370 e. The van der Waals surface area contributed by atoms with Gasteiger partial charge in [-0.15, -0.1) is 0 Å². The maximum absolute atomic E-state index is 13.4. The van der Waals surface area contributed by atoms with Gasteiger partial charge in [-0.2, -0.15) is 0 Å². The number of hydrogen-bond donors (Lipinski definition) is 1. The van der Waals surface area contributed by atoms with Gasteiger partial charge in [0.2, 0.25) is 0 Å². The van der Waals surface area contributed by atoms with Crippen LogP contribution in [0.25, 0.3) is 22.3 Å². The van der Waals surface area contributed by atoms with Gasteiger partial charge in [0.05, 0.1) is 5.52 Å². The van der Waals surface area contributed by atoms with E-state index in [0.717, 1.165) is 28.8 Å². The molecule has 0 radical (unpaired) electrons. The Morgan fingerprint density at radius 3 is 2.67 bits per heavy atom. The van der Waals surface area contributed by atoms with Crippen LogP contribution in [0.15, 0.2) is 42.5 Å². The molecule has 106 valence electrons. The first-order valence-corrected chi connectivity index (χ1v) is 6.96. The second-order valence-corrected chi connectivity index (χ2v) is 4.91. The highest BCUT2D eigenvalue weighted by Gasteiger charge is 2.10. The molecule has 3 aromatic rings. The predicted molar refractivity (Wildman–Crippen MR) is 83.8 cm³/mol. The molecule has 3 rings (SSSR count). The molecule has 0 aliphatic rings. The van der Waals surface area contributed by atoms with E-state index in [9.17, 15) is 4.39 Å². The summed E-state index contributed by atoms with van der Waals surface area (Å²) in [5.41, 5.74) is 2.65. The molecule has 2 aromatic carbocycles. The van der Waals surface area contributed by atoms with Crippen LogP contribution in [-0.2, 0) is 0 Å². The zero-order valence-electron chi connectivity index (χ0n) is 12.0. The van der Waals surface area contributed by atoms with Gasteiger partial charge in [-0.3, -0.25) is 0 Å². The number of benzene rings is 2. The van der Waals surface area contributed by atoms with Gasteiger partial charge in [0.25, 0.3) is 0 Å². The molecule has 0 aliphatic carbocycles. The molecule has 4 heteroatoms. The fraction of sp³-hybridized carbons (Fsp3) is 0.176. The van der Waals surface area contributed by atoms with Gasteiger partial charge in [0.15, 0.2) is 5.82 Å². The van der Waals surface area contributed by atoms with E-state index < -0.39 is 0 Å². The first-order chi connectivity index (χ1) is 10.2. The Bertz CT molecular complexity index is 799. The van der Waals surface area contributed by atoms with Crippen molar-refractivity contribution in [1.29, 1.82) is 0 Å². The van der Waals surface area contributed by atoms with E-state index in [1.54, 1.807) is 6.07 Å². The van der Waals surface area contributed by atoms with Crippen LogP contribution in [0.1, 0.15) is 12.5 Å². The van der Waals surface area contributed by atoms with Gasteiger partial charge in [0.1, 0.15) is 11.6 Å². The van der Waals surface area contributed by atoms with Crippen molar-refractivity contribution < 1.29 is 4.39 Å². The summed E-state index contributed by atoms with van der Waals surface area (Å²) in [6, 6.07) is 12.4. The van der Waals surface area contributed by atoms with Gasteiger partial charge in [-0.1, -0.05) is 24.3 Å². The summed E-state index contributed by atoms with van der Waals surface area (Å²) in [7, 11) is 0. The Kier molecular flexibility index (Phi) is 3.52. The molecule has 0 saturated carbocycles. The maximum atomic E-state index is 13.4. The minimum absolute atomic E-state index is 0.286. The summed E-state index contributed by atoms with van der Waals surface area (Å²) >= 11 is 0. The highest BCUT2D eigenvalue weighted by molar-refractivity contribution is 5.92. The average molecular weight is 281 g/mol. The summed E-state index contributed by atoms with van der Waals surface area (Å²) in [5.74, 6) is 1.03. The Labute approximate surface area is 122 Å². The summed E-state index contributed by atoms with van der Waals surface area (Å²) in [6.45, 7) is 4.80. The lowest BCUT2D eigenvalue weighted by molar-refractivity contribution is 0.628. The van der Waals surface area contributed by atoms with E-state index in [-0.39, 0.29) is 5.82 Å². The Morgan fingerprint density at radius 2 is 1.90 bits per heavy atom. The quantitative estimate of drug-likeness (QED) is 0.782. The second kappa shape index (κ2) is 5.48. The van der Waals surface area contributed by atoms with Crippen molar-refractivity contribution in [2.24, 2.45) is 0 Å². The van der Waals surface area contributed by atoms with E-state index in [4.69, 9.17) is 0 Å². The van der Waals surface area contributed by atoms with Crippen LogP contribution in [0, 0.1) is 12.7 Å². The molecule has 0 aliphatic heterocycles. The molecule has 0 saturated heterocycles. The smallest absolute Gasteiger partial charge is 0.162 e. The number of rotatable bonds is 3. The largest absolute Gasteiger partial charge is 0.370 e. The van der Waals surface area contributed by atoms with Crippen molar-refractivity contribution >= 4 is 16.7 Å². The molecular weight excluding hydrogens is 265 g/mol. The standard InChI is InChI=1S/C17H16FN3/c1-3-19-17-14-9-4-6-11(2)15(14)20-16(21-17)12-7-5-8-13(18)10-12/h4-10H,3H2,1-2H3,(H,19,20,21). The lowest BCUT2D eigenvalue weighted by atomic mass is 10.1. The topological polar surface area (TPSA) is 37.8 Å². The normalized spacial score (nSPS) is 10.8. The zero-order chi connectivity index (χ0) is 14.8. The molecule has 1 aromatic heterocycles. The summed E-state index contributed by atoms with van der Waals surface area (Å²) in [6.07, 6.45) is 0. The number of nitrogens with zero attached hydrogens (tertiary/aromatic N) is 2. The van der Waals surface area contributed by atoms with Gasteiger partial charge < -0.3 is 5.32 Å². The van der Waals surface area contributed by atoms with Crippen molar-refractivity contribution in [2.75, 3.05) is 11.9 Å². The molecule has 1 N–H and O–H groups in total. The molecule has 0 unspecified atom stereocenters. The summed E-state index contributed by atoms with van der Waals surface area (Å²) < 4.78 is 13.4. The maximum Gasteiger partial charge on any atom is 0.162 e. The number of halogens is 1. The monoisotopic (exact) mass is 281 g/mol. The third-order valence-corrected chi connectivity index (χ3v) is 3.36. The van der Waals surface area contributed by atoms with Crippen LogP contribution in [0.4, 0.5) is 10.2 Å². The second-order valence-electron chi connectivity index (χ2n) is 4.91. The fourth-order valence-electron chi connectivity index (χ4n) is 2.35. The van der Waals surface area contributed by atoms with E-state index in [0.29, 0.717) is 11.4 Å². The third-order valence-electron chi connectivity index (χ3n) is 3.36. The Morgan fingerprint density at radius 1 is 1.10 bits per heavy atom. The number of nitrogens with one attached hydrogen (secondary N) is 1. The molecule has 21 heavy (non-hydrogen) atoms. The van der Waals surface area contributed by atoms with Gasteiger partial charge >= 0.3 is 0 Å². The lowest BCUT2D eigenvalue weighted by Crippen LogP contribution is -2.03. The molecule has 0 bridgehead atoms. The average Bonchev–Trinajstić information content (AvgIpc) is 2.48. The molecular formula is C17H16FN3. The van der Waals surface area contributed by atoms with E-state index in [1.165, 1.54) is 12.1 Å². The van der Waals surface area contributed by atoms with Crippen molar-refractivity contribution in [3.05, 3.63) is 53.8 Å². The Hall–Kier alpha value is -2.49. The molecule has 0 fully saturated rings. The number of aromatic nitrogens is 2. The van der Waals surface area contributed by atoms with Crippen LogP contribution >= 0.6 is 0 Å². The molecule has 0 amide bonds. The number of hydrogen-bond acceptors (Lipinski definition) is 3. The van der Waals surface area contributed by atoms with Crippen LogP contribution in [0.3, 0.4) is 0 Å². The highest BCUT2D eigenvalue weighted by atomic mass is 19.1. The summed E-state index contributed by atoms with van der Waals surface area (Å²) in [4.78, 5) is 9.17. The summed E-state index contributed by atoms with van der Waals surface area (Å²) in [5, 5.41) is 4.24. The first-order valence-electron chi connectivity index (χ1n) is 6.96. The van der Waals surface area contributed by atoms with Crippen LogP contribution in [0.5, 0.6) is 0 Å². The first kappa shape index (κ1) is 13.5. The van der Waals surface area contributed by atoms with Crippen molar-refractivity contribution in [2.45, 2.75) is 13.8 Å². The van der Waals surface area contributed by atoms with Crippen LogP contribution in [-0.4, -0.2) is 16.5 Å². The molecule has 0 spiro atoms. The number of fused-ring (bicyclic) bond motifs is 1. The zero-order valence-corrected chi connectivity index (χ0v) is 12.0. The molecule has 0 atom stereocenters. The number of anilines is 1. The van der Waals surface area contributed by atoms with Crippen molar-refractivity contribution in [1.82, 2.24) is 9.97 Å². The predicted octanol–water partition coefficient (Wildman–Crippen LogP) is 4.18. The van der Waals surface area contributed by atoms with E-state index in [2.05, 4.69) is 15.3 Å². The van der Waals surface area contributed by atoms with Crippen LogP contribution < -0.4 is 5.32 Å². The van der Waals surface area contributed by atoms with Crippen molar-refractivity contribution in [3.8, 4) is 11.4 Å². The van der Waals surface area contributed by atoms with Gasteiger partial charge in [-0.05, 0) is 37.6 Å². The van der Waals surface area contributed by atoms with E-state index in [1.807, 2.05) is 38.1 Å². The lowest BCUT2D eigenvalue weighted by Gasteiger charge is -2.11. The van der Waals surface area contributed by atoms with Gasteiger partial charge in [-0.25, -0.2) is 14.4 Å². The molecule has 1 heterocycles. The third kappa shape index (κ3) is 2.57. The molecule has 3 nitrogen and oxygen atoms in total. The van der Waals surface area contributed by atoms with Crippen LogP contribution in [0.2, 0.25) is 0 Å². The van der Waals surface area contributed by atoms with Crippen molar-refractivity contribution in [3.63, 3.8) is 0 Å². The van der Waals surface area contributed by atoms with Gasteiger partial charge in [0, 0.05) is 17.5 Å². The number of aryl methyl sites for hydroxylation is 1.